The first-order chi connectivity index (χ1) is 15.0. The van der Waals surface area contributed by atoms with Gasteiger partial charge in [-0.3, -0.25) is 9.59 Å². The summed E-state index contributed by atoms with van der Waals surface area (Å²) in [7, 11) is 0. The van der Waals surface area contributed by atoms with Crippen LogP contribution in [0.2, 0.25) is 0 Å². The van der Waals surface area contributed by atoms with Crippen LogP contribution < -0.4 is 0 Å². The van der Waals surface area contributed by atoms with Crippen LogP contribution in [0.3, 0.4) is 0 Å². The average Bonchev–Trinajstić information content (AvgIpc) is 3.43. The highest BCUT2D eigenvalue weighted by Crippen LogP contribution is 2.20. The van der Waals surface area contributed by atoms with E-state index in [4.69, 9.17) is 0 Å². The number of aryl methyl sites for hydroxylation is 1. The number of nitrogens with zero attached hydrogens (tertiary/aromatic N) is 3. The summed E-state index contributed by atoms with van der Waals surface area (Å²) in [5.74, 6) is -0.376. The highest BCUT2D eigenvalue weighted by molar-refractivity contribution is 7.10. The topological polar surface area (TPSA) is 43.9 Å². The number of rotatable bonds is 10. The van der Waals surface area contributed by atoms with Gasteiger partial charge in [0.05, 0.1) is 13.1 Å². The Hall–Kier alpha value is -2.25. The van der Waals surface area contributed by atoms with Gasteiger partial charge in [-0.15, -0.1) is 11.3 Å². The predicted octanol–water partition coefficient (Wildman–Crippen LogP) is 4.06. The van der Waals surface area contributed by atoms with Crippen LogP contribution in [-0.2, 0) is 22.7 Å². The molecule has 1 aromatic carbocycles. The minimum atomic E-state index is -0.294. The van der Waals surface area contributed by atoms with Gasteiger partial charge in [-0.25, -0.2) is 4.39 Å². The molecule has 0 bridgehead atoms. The number of benzene rings is 1. The van der Waals surface area contributed by atoms with Gasteiger partial charge in [-0.1, -0.05) is 19.1 Å². The summed E-state index contributed by atoms with van der Waals surface area (Å²) in [4.78, 5) is 32.8. The molecule has 7 heteroatoms. The van der Waals surface area contributed by atoms with Crippen LogP contribution in [-0.4, -0.2) is 59.2 Å². The molecule has 31 heavy (non-hydrogen) atoms. The third kappa shape index (κ3) is 6.87. The summed E-state index contributed by atoms with van der Waals surface area (Å²) in [5.41, 5.74) is 2.02. The SMILES string of the molecule is CCC(=O)N(CCN1CCCC1)CC(=O)N(Cc1ccc(F)cc1)Cc1sccc1C. The van der Waals surface area contributed by atoms with Gasteiger partial charge in [0, 0.05) is 30.9 Å². The monoisotopic (exact) mass is 445 g/mol. The van der Waals surface area contributed by atoms with Gasteiger partial charge in [-0.05, 0) is 67.6 Å². The first kappa shape index (κ1) is 23.4. The standard InChI is InChI=1S/C24H32FN3O2S/c1-3-23(29)27(14-13-26-11-4-5-12-26)18-24(30)28(17-22-19(2)10-15-31-22)16-20-6-8-21(25)9-7-20/h6-10,15H,3-5,11-14,16-18H2,1-2H3. The normalized spacial score (nSPS) is 14.0. The van der Waals surface area contributed by atoms with E-state index in [1.54, 1.807) is 33.3 Å². The molecule has 2 amide bonds. The fourth-order valence-corrected chi connectivity index (χ4v) is 4.75. The van der Waals surface area contributed by atoms with Crippen molar-refractivity contribution in [2.45, 2.75) is 46.2 Å². The minimum absolute atomic E-state index is 0.00147. The van der Waals surface area contributed by atoms with Crippen LogP contribution in [0, 0.1) is 12.7 Å². The largest absolute Gasteiger partial charge is 0.332 e. The number of hydrogen-bond acceptors (Lipinski definition) is 4. The highest BCUT2D eigenvalue weighted by Gasteiger charge is 2.23. The van der Waals surface area contributed by atoms with E-state index in [1.807, 2.05) is 25.3 Å². The summed E-state index contributed by atoms with van der Waals surface area (Å²) in [5, 5.41) is 2.02. The Morgan fingerprint density at radius 2 is 1.74 bits per heavy atom. The fourth-order valence-electron chi connectivity index (χ4n) is 3.83. The van der Waals surface area contributed by atoms with Crippen molar-refractivity contribution in [1.29, 1.82) is 0 Å². The molecule has 1 aliphatic rings. The zero-order valence-electron chi connectivity index (χ0n) is 18.5. The van der Waals surface area contributed by atoms with Gasteiger partial charge in [0.15, 0.2) is 0 Å². The van der Waals surface area contributed by atoms with Crippen molar-refractivity contribution in [2.24, 2.45) is 0 Å². The molecule has 2 aromatic rings. The second-order valence-electron chi connectivity index (χ2n) is 8.12. The average molecular weight is 446 g/mol. The molecule has 0 radical (unpaired) electrons. The van der Waals surface area contributed by atoms with Crippen LogP contribution in [0.4, 0.5) is 4.39 Å². The first-order valence-corrected chi connectivity index (χ1v) is 11.9. The molecule has 2 heterocycles. The number of likely N-dealkylation sites (tertiary alicyclic amines) is 1. The van der Waals surface area contributed by atoms with E-state index in [9.17, 15) is 14.0 Å². The molecule has 0 saturated carbocycles. The number of hydrogen-bond donors (Lipinski definition) is 0. The molecule has 168 valence electrons. The van der Waals surface area contributed by atoms with Gasteiger partial charge in [-0.2, -0.15) is 0 Å². The second-order valence-corrected chi connectivity index (χ2v) is 9.12. The molecule has 1 fully saturated rings. The first-order valence-electron chi connectivity index (χ1n) is 11.0. The van der Waals surface area contributed by atoms with E-state index in [-0.39, 0.29) is 24.2 Å². The van der Waals surface area contributed by atoms with Crippen LogP contribution in [0.25, 0.3) is 0 Å². The van der Waals surface area contributed by atoms with Crippen molar-refractivity contribution >= 4 is 23.2 Å². The van der Waals surface area contributed by atoms with Crippen LogP contribution in [0.15, 0.2) is 35.7 Å². The summed E-state index contributed by atoms with van der Waals surface area (Å²) >= 11 is 1.62. The number of carbonyl (C=O) groups excluding carboxylic acids is 2. The molecule has 0 aliphatic carbocycles. The predicted molar refractivity (Wildman–Crippen MR) is 122 cm³/mol. The Kier molecular flexibility index (Phi) is 8.60. The number of carbonyl (C=O) groups is 2. The van der Waals surface area contributed by atoms with E-state index in [2.05, 4.69) is 4.90 Å². The smallest absolute Gasteiger partial charge is 0.242 e. The van der Waals surface area contributed by atoms with Gasteiger partial charge in [0.1, 0.15) is 5.82 Å². The van der Waals surface area contributed by atoms with Crippen molar-refractivity contribution < 1.29 is 14.0 Å². The second kappa shape index (κ2) is 11.4. The van der Waals surface area contributed by atoms with Crippen LogP contribution in [0.5, 0.6) is 0 Å². The Balaban J connectivity index is 1.71. The minimum Gasteiger partial charge on any atom is -0.332 e. The molecule has 0 spiro atoms. The lowest BCUT2D eigenvalue weighted by molar-refractivity contribution is -0.141. The van der Waals surface area contributed by atoms with E-state index in [1.165, 1.54) is 25.0 Å². The maximum Gasteiger partial charge on any atom is 0.242 e. The molecule has 5 nitrogen and oxygen atoms in total. The quantitative estimate of drug-likeness (QED) is 0.554. The maximum atomic E-state index is 13.3. The van der Waals surface area contributed by atoms with Crippen molar-refractivity contribution in [1.82, 2.24) is 14.7 Å². The van der Waals surface area contributed by atoms with E-state index >= 15 is 0 Å². The highest BCUT2D eigenvalue weighted by atomic mass is 32.1. The molecular formula is C24H32FN3O2S. The molecule has 1 aromatic heterocycles. The number of amides is 2. The van der Waals surface area contributed by atoms with Crippen molar-refractivity contribution in [3.63, 3.8) is 0 Å². The van der Waals surface area contributed by atoms with Gasteiger partial charge >= 0.3 is 0 Å². The van der Waals surface area contributed by atoms with Gasteiger partial charge < -0.3 is 14.7 Å². The lowest BCUT2D eigenvalue weighted by Gasteiger charge is -2.29. The zero-order valence-corrected chi connectivity index (χ0v) is 19.3. The zero-order chi connectivity index (χ0) is 22.2. The molecule has 3 rings (SSSR count). The van der Waals surface area contributed by atoms with E-state index < -0.39 is 0 Å². The van der Waals surface area contributed by atoms with E-state index in [0.29, 0.717) is 26.1 Å². The number of halogens is 1. The van der Waals surface area contributed by atoms with Crippen LogP contribution >= 0.6 is 11.3 Å². The van der Waals surface area contributed by atoms with E-state index in [0.717, 1.165) is 35.6 Å². The van der Waals surface area contributed by atoms with Crippen molar-refractivity contribution in [3.8, 4) is 0 Å². The molecule has 1 aliphatic heterocycles. The molecule has 0 N–H and O–H groups in total. The lowest BCUT2D eigenvalue weighted by atomic mass is 10.2. The Labute approximate surface area is 188 Å². The van der Waals surface area contributed by atoms with Crippen LogP contribution in [0.1, 0.15) is 42.2 Å². The third-order valence-corrected chi connectivity index (χ3v) is 6.82. The summed E-state index contributed by atoms with van der Waals surface area (Å²) in [6.07, 6.45) is 2.79. The van der Waals surface area contributed by atoms with Crippen molar-refractivity contribution in [2.75, 3.05) is 32.7 Å². The molecule has 0 unspecified atom stereocenters. The Morgan fingerprint density at radius 1 is 1.03 bits per heavy atom. The fraction of sp³-hybridized carbons (Fsp3) is 0.500. The maximum absolute atomic E-state index is 13.3. The summed E-state index contributed by atoms with van der Waals surface area (Å²) in [6, 6.07) is 8.29. The van der Waals surface area contributed by atoms with Gasteiger partial charge in [0.2, 0.25) is 11.8 Å². The summed E-state index contributed by atoms with van der Waals surface area (Å²) < 4.78 is 13.3. The Morgan fingerprint density at radius 3 is 2.35 bits per heavy atom. The third-order valence-electron chi connectivity index (χ3n) is 5.81. The van der Waals surface area contributed by atoms with Crippen molar-refractivity contribution in [3.05, 3.63) is 57.5 Å². The molecule has 0 atom stereocenters. The number of thiophene rings is 1. The summed E-state index contributed by atoms with van der Waals surface area (Å²) in [6.45, 7) is 8.33. The Bertz CT molecular complexity index is 862. The molecular weight excluding hydrogens is 413 g/mol. The lowest BCUT2D eigenvalue weighted by Crippen LogP contribution is -2.45. The van der Waals surface area contributed by atoms with Gasteiger partial charge in [0.25, 0.3) is 0 Å². The molecule has 1 saturated heterocycles.